The van der Waals surface area contributed by atoms with Crippen LogP contribution in [0, 0.1) is 0 Å². The smallest absolute Gasteiger partial charge is 0.244 e. The molecule has 4 nitrogen and oxygen atoms in total. The molecule has 20 heavy (non-hydrogen) atoms. The molecule has 1 fully saturated rings. The van der Waals surface area contributed by atoms with Gasteiger partial charge in [-0.2, -0.15) is 15.6 Å². The summed E-state index contributed by atoms with van der Waals surface area (Å²) in [6, 6.07) is 5.40. The molecule has 3 rings (SSSR count). The third kappa shape index (κ3) is 2.63. The van der Waals surface area contributed by atoms with Crippen LogP contribution in [0.1, 0.15) is 24.3 Å². The van der Waals surface area contributed by atoms with Crippen molar-refractivity contribution in [2.24, 2.45) is 0 Å². The molecule has 0 aromatic carbocycles. The molecule has 0 saturated carbocycles. The Kier molecular flexibility index (Phi) is 3.87. The van der Waals surface area contributed by atoms with Gasteiger partial charge in [-0.05, 0) is 53.3 Å². The van der Waals surface area contributed by atoms with Gasteiger partial charge in [-0.15, -0.1) is 0 Å². The summed E-state index contributed by atoms with van der Waals surface area (Å²) in [4.78, 5) is 4.18. The predicted octanol–water partition coefficient (Wildman–Crippen LogP) is 2.71. The van der Waals surface area contributed by atoms with Crippen LogP contribution in [-0.4, -0.2) is 30.8 Å². The molecule has 2 aromatic heterocycles. The van der Waals surface area contributed by atoms with E-state index in [1.165, 1.54) is 11.8 Å². The molecule has 3 heterocycles. The Hall–Kier alpha value is -1.24. The lowest BCUT2D eigenvalue weighted by Gasteiger charge is -2.30. The van der Waals surface area contributed by atoms with E-state index in [9.17, 15) is 8.42 Å². The lowest BCUT2D eigenvalue weighted by atomic mass is 9.92. The Balaban J connectivity index is 1.72. The Morgan fingerprint density at radius 1 is 1.25 bits per heavy atom. The molecule has 1 aliphatic heterocycles. The second-order valence-corrected chi connectivity index (χ2v) is 7.64. The van der Waals surface area contributed by atoms with Gasteiger partial charge >= 0.3 is 0 Å². The van der Waals surface area contributed by atoms with Crippen LogP contribution in [-0.2, 0) is 10.0 Å². The van der Waals surface area contributed by atoms with Crippen LogP contribution < -0.4 is 0 Å². The zero-order valence-corrected chi connectivity index (χ0v) is 12.6. The molecule has 0 spiro atoms. The van der Waals surface area contributed by atoms with Gasteiger partial charge in [0.1, 0.15) is 4.90 Å². The van der Waals surface area contributed by atoms with E-state index in [1.54, 1.807) is 34.0 Å². The fourth-order valence-corrected chi connectivity index (χ4v) is 4.76. The largest absolute Gasteiger partial charge is 0.263 e. The van der Waals surface area contributed by atoms with E-state index in [4.69, 9.17) is 0 Å². The first-order valence-corrected chi connectivity index (χ1v) is 8.98. The van der Waals surface area contributed by atoms with E-state index < -0.39 is 10.0 Å². The van der Waals surface area contributed by atoms with E-state index in [-0.39, 0.29) is 4.90 Å². The minimum Gasteiger partial charge on any atom is -0.263 e. The molecule has 0 atom stereocenters. The predicted molar refractivity (Wildman–Crippen MR) is 79.3 cm³/mol. The van der Waals surface area contributed by atoms with Crippen LogP contribution in [0.15, 0.2) is 46.2 Å². The Bertz CT molecular complexity index is 646. The molecule has 2 aromatic rings. The van der Waals surface area contributed by atoms with Gasteiger partial charge in [0.05, 0.1) is 0 Å². The fourth-order valence-electron chi connectivity index (χ4n) is 2.59. The van der Waals surface area contributed by atoms with Crippen LogP contribution in [0.25, 0.3) is 0 Å². The molecular formula is C14H16N2O2S2. The monoisotopic (exact) mass is 308 g/mol. The van der Waals surface area contributed by atoms with Crippen molar-refractivity contribution in [3.63, 3.8) is 0 Å². The fraction of sp³-hybridized carbons (Fsp3) is 0.357. The van der Waals surface area contributed by atoms with Gasteiger partial charge in [-0.3, -0.25) is 4.98 Å². The first-order valence-electron chi connectivity index (χ1n) is 6.60. The Labute approximate surface area is 123 Å². The third-order valence-electron chi connectivity index (χ3n) is 3.74. The summed E-state index contributed by atoms with van der Waals surface area (Å²) >= 11 is 1.70. The lowest BCUT2D eigenvalue weighted by Crippen LogP contribution is -2.37. The van der Waals surface area contributed by atoms with Gasteiger partial charge < -0.3 is 0 Å². The number of hydrogen-bond acceptors (Lipinski definition) is 4. The van der Waals surface area contributed by atoms with Gasteiger partial charge in [0, 0.05) is 25.5 Å². The van der Waals surface area contributed by atoms with E-state index in [1.807, 2.05) is 0 Å². The molecule has 106 valence electrons. The SMILES string of the molecule is O=S(=O)(c1cccnc1)N1CCC(c2ccsc2)CC1. The second-order valence-electron chi connectivity index (χ2n) is 4.92. The lowest BCUT2D eigenvalue weighted by molar-refractivity contribution is 0.319. The van der Waals surface area contributed by atoms with Crippen molar-refractivity contribution in [3.8, 4) is 0 Å². The highest BCUT2D eigenvalue weighted by Gasteiger charge is 2.30. The highest BCUT2D eigenvalue weighted by Crippen LogP contribution is 2.31. The average Bonchev–Trinajstić information content (AvgIpc) is 3.02. The van der Waals surface area contributed by atoms with Gasteiger partial charge in [-0.1, -0.05) is 0 Å². The summed E-state index contributed by atoms with van der Waals surface area (Å²) in [6.07, 6.45) is 4.77. The van der Waals surface area contributed by atoms with Crippen molar-refractivity contribution < 1.29 is 8.42 Å². The topological polar surface area (TPSA) is 50.3 Å². The van der Waals surface area contributed by atoms with E-state index in [2.05, 4.69) is 21.8 Å². The third-order valence-corrected chi connectivity index (χ3v) is 6.32. The molecular weight excluding hydrogens is 292 g/mol. The number of hydrogen-bond donors (Lipinski definition) is 0. The number of pyridine rings is 1. The van der Waals surface area contributed by atoms with Crippen LogP contribution >= 0.6 is 11.3 Å². The van der Waals surface area contributed by atoms with Crippen molar-refractivity contribution in [1.29, 1.82) is 0 Å². The van der Waals surface area contributed by atoms with Gasteiger partial charge in [0.25, 0.3) is 0 Å². The Morgan fingerprint density at radius 2 is 2.05 bits per heavy atom. The maximum absolute atomic E-state index is 12.5. The van der Waals surface area contributed by atoms with E-state index >= 15 is 0 Å². The van der Waals surface area contributed by atoms with Gasteiger partial charge in [-0.25, -0.2) is 8.42 Å². The molecule has 0 bridgehead atoms. The first kappa shape index (κ1) is 13.7. The number of nitrogens with zero attached hydrogens (tertiary/aromatic N) is 2. The minimum absolute atomic E-state index is 0.286. The standard InChI is InChI=1S/C14H16N2O2S2/c17-20(18,14-2-1-6-15-10-14)16-7-3-12(4-8-16)13-5-9-19-11-13/h1-2,5-6,9-12H,3-4,7-8H2. The molecule has 0 N–H and O–H groups in total. The zero-order chi connectivity index (χ0) is 14.0. The number of rotatable bonds is 3. The highest BCUT2D eigenvalue weighted by molar-refractivity contribution is 7.89. The Morgan fingerprint density at radius 3 is 2.65 bits per heavy atom. The van der Waals surface area contributed by atoms with Crippen LogP contribution in [0.2, 0.25) is 0 Å². The maximum Gasteiger partial charge on any atom is 0.244 e. The molecule has 0 unspecified atom stereocenters. The molecule has 0 aliphatic carbocycles. The zero-order valence-electron chi connectivity index (χ0n) is 11.0. The molecule has 0 radical (unpaired) electrons. The van der Waals surface area contributed by atoms with E-state index in [0.29, 0.717) is 19.0 Å². The highest BCUT2D eigenvalue weighted by atomic mass is 32.2. The molecule has 1 aliphatic rings. The minimum atomic E-state index is -3.38. The van der Waals surface area contributed by atoms with Gasteiger partial charge in [0.15, 0.2) is 0 Å². The summed E-state index contributed by atoms with van der Waals surface area (Å²) in [6.45, 7) is 1.16. The normalized spacial score (nSPS) is 18.2. The number of thiophene rings is 1. The van der Waals surface area contributed by atoms with Crippen LogP contribution in [0.3, 0.4) is 0 Å². The van der Waals surface area contributed by atoms with Gasteiger partial charge in [0.2, 0.25) is 10.0 Å². The molecule has 0 amide bonds. The van der Waals surface area contributed by atoms with Crippen molar-refractivity contribution in [2.45, 2.75) is 23.7 Å². The quantitative estimate of drug-likeness (QED) is 0.876. The number of aromatic nitrogens is 1. The summed E-state index contributed by atoms with van der Waals surface area (Å²) in [5, 5.41) is 4.24. The summed E-state index contributed by atoms with van der Waals surface area (Å²) in [5.74, 6) is 0.488. The average molecular weight is 308 g/mol. The van der Waals surface area contributed by atoms with Crippen molar-refractivity contribution in [3.05, 3.63) is 46.9 Å². The first-order chi connectivity index (χ1) is 9.68. The van der Waals surface area contributed by atoms with Crippen LogP contribution in [0.4, 0.5) is 0 Å². The van der Waals surface area contributed by atoms with Crippen LogP contribution in [0.5, 0.6) is 0 Å². The van der Waals surface area contributed by atoms with Crippen molar-refractivity contribution in [2.75, 3.05) is 13.1 Å². The number of piperidine rings is 1. The van der Waals surface area contributed by atoms with Crippen molar-refractivity contribution >= 4 is 21.4 Å². The maximum atomic E-state index is 12.5. The summed E-state index contributed by atoms with van der Waals surface area (Å²) in [5.41, 5.74) is 1.34. The molecule has 1 saturated heterocycles. The van der Waals surface area contributed by atoms with E-state index in [0.717, 1.165) is 12.8 Å². The summed E-state index contributed by atoms with van der Waals surface area (Å²) in [7, 11) is -3.38. The second kappa shape index (κ2) is 5.63. The molecule has 6 heteroatoms. The number of sulfonamides is 1. The van der Waals surface area contributed by atoms with Crippen molar-refractivity contribution in [1.82, 2.24) is 9.29 Å². The summed E-state index contributed by atoms with van der Waals surface area (Å²) < 4.78 is 26.5.